The predicted octanol–water partition coefficient (Wildman–Crippen LogP) is 3.42. The zero-order chi connectivity index (χ0) is 18.3. The molecule has 26 heavy (non-hydrogen) atoms. The molecule has 4 rings (SSSR count). The van der Waals surface area contributed by atoms with Gasteiger partial charge >= 0.3 is 0 Å². The van der Waals surface area contributed by atoms with E-state index in [9.17, 15) is 0 Å². The van der Waals surface area contributed by atoms with Gasteiger partial charge in [0.1, 0.15) is 11.5 Å². The molecule has 136 valence electrons. The number of nitrogens with zero attached hydrogens (tertiary/aromatic N) is 4. The summed E-state index contributed by atoms with van der Waals surface area (Å²) in [6.07, 6.45) is 0.899. The minimum atomic E-state index is -0.0773. The number of ether oxygens (including phenoxy) is 1. The maximum absolute atomic E-state index is 5.79. The Morgan fingerprint density at radius 3 is 2.69 bits per heavy atom. The van der Waals surface area contributed by atoms with Gasteiger partial charge in [0.15, 0.2) is 11.7 Å². The van der Waals surface area contributed by atoms with E-state index in [-0.39, 0.29) is 11.5 Å². The molecule has 2 aliphatic rings. The lowest BCUT2D eigenvalue weighted by molar-refractivity contribution is 0.280. The summed E-state index contributed by atoms with van der Waals surface area (Å²) in [6.45, 7) is 9.71. The SMILES string of the molecule is CCOC1=Nc2nc(C(C)(C)C)[nH]c2C2=N[C@H](Cc3ccccc3)CN12. The van der Waals surface area contributed by atoms with Crippen molar-refractivity contribution in [2.24, 2.45) is 9.98 Å². The molecule has 0 radical (unpaired) electrons. The van der Waals surface area contributed by atoms with E-state index in [1.807, 2.05) is 13.0 Å². The standard InChI is InChI=1S/C20H25N5O/c1-5-26-19-24-16-15(22-18(23-16)20(2,3)4)17-21-14(12-25(17)19)11-13-9-7-6-8-10-13/h6-10,14H,5,11-12H2,1-4H3,(H,22,23)/t14-/m1/s1. The minimum absolute atomic E-state index is 0.0773. The van der Waals surface area contributed by atoms with Crippen molar-refractivity contribution in [1.29, 1.82) is 0 Å². The van der Waals surface area contributed by atoms with Gasteiger partial charge in [-0.2, -0.15) is 4.99 Å². The molecule has 2 aromatic rings. The lowest BCUT2D eigenvalue weighted by atomic mass is 9.96. The Labute approximate surface area is 154 Å². The van der Waals surface area contributed by atoms with Crippen LogP contribution in [0.4, 0.5) is 5.82 Å². The normalized spacial score (nSPS) is 18.9. The van der Waals surface area contributed by atoms with Gasteiger partial charge < -0.3 is 9.72 Å². The van der Waals surface area contributed by atoms with Crippen LogP contribution in [0.25, 0.3) is 0 Å². The highest BCUT2D eigenvalue weighted by atomic mass is 16.5. The van der Waals surface area contributed by atoms with Crippen LogP contribution >= 0.6 is 0 Å². The Morgan fingerprint density at radius 1 is 1.23 bits per heavy atom. The zero-order valence-corrected chi connectivity index (χ0v) is 15.8. The summed E-state index contributed by atoms with van der Waals surface area (Å²) in [5, 5.41) is 0. The molecule has 0 bridgehead atoms. The van der Waals surface area contributed by atoms with Crippen molar-refractivity contribution in [2.45, 2.75) is 45.6 Å². The number of aromatic nitrogens is 2. The van der Waals surface area contributed by atoms with E-state index in [0.717, 1.165) is 30.3 Å². The molecule has 0 spiro atoms. The quantitative estimate of drug-likeness (QED) is 0.921. The number of aliphatic imine (C=N–C) groups is 2. The van der Waals surface area contributed by atoms with E-state index in [0.29, 0.717) is 18.4 Å². The maximum Gasteiger partial charge on any atom is 0.300 e. The Kier molecular flexibility index (Phi) is 4.05. The van der Waals surface area contributed by atoms with Crippen molar-refractivity contribution in [3.05, 3.63) is 47.4 Å². The summed E-state index contributed by atoms with van der Waals surface area (Å²) in [4.78, 5) is 19.8. The number of amidine groups is 2. The molecule has 1 atom stereocenters. The van der Waals surface area contributed by atoms with Crippen LogP contribution in [0.3, 0.4) is 0 Å². The van der Waals surface area contributed by atoms with Crippen LogP contribution < -0.4 is 0 Å². The van der Waals surface area contributed by atoms with E-state index >= 15 is 0 Å². The van der Waals surface area contributed by atoms with Crippen LogP contribution in [0.5, 0.6) is 0 Å². The van der Waals surface area contributed by atoms with E-state index < -0.39 is 0 Å². The third-order valence-electron chi connectivity index (χ3n) is 4.59. The highest BCUT2D eigenvalue weighted by Gasteiger charge is 2.38. The first-order valence-electron chi connectivity index (χ1n) is 9.17. The molecular formula is C20H25N5O. The molecule has 0 saturated carbocycles. The smallest absolute Gasteiger partial charge is 0.300 e. The first-order valence-corrected chi connectivity index (χ1v) is 9.17. The van der Waals surface area contributed by atoms with Crippen LogP contribution in [-0.2, 0) is 16.6 Å². The number of nitrogens with one attached hydrogen (secondary N) is 1. The monoisotopic (exact) mass is 351 g/mol. The molecule has 0 fully saturated rings. The lowest BCUT2D eigenvalue weighted by Gasteiger charge is -2.24. The summed E-state index contributed by atoms with van der Waals surface area (Å²) in [5.74, 6) is 2.48. The second-order valence-electron chi connectivity index (χ2n) is 7.77. The predicted molar refractivity (Wildman–Crippen MR) is 103 cm³/mol. The number of rotatable bonds is 3. The number of hydrogen-bond donors (Lipinski definition) is 1. The number of imidazole rings is 1. The first-order chi connectivity index (χ1) is 12.5. The number of H-pyrrole nitrogens is 1. The van der Waals surface area contributed by atoms with Crippen LogP contribution in [0.2, 0.25) is 0 Å². The second-order valence-corrected chi connectivity index (χ2v) is 7.77. The minimum Gasteiger partial charge on any atom is -0.465 e. The molecular weight excluding hydrogens is 326 g/mol. The Balaban J connectivity index is 1.70. The average molecular weight is 351 g/mol. The summed E-state index contributed by atoms with van der Waals surface area (Å²) >= 11 is 0. The van der Waals surface area contributed by atoms with Gasteiger partial charge in [0.2, 0.25) is 0 Å². The molecule has 1 N–H and O–H groups in total. The number of aromatic amines is 1. The van der Waals surface area contributed by atoms with E-state index in [1.54, 1.807) is 0 Å². The van der Waals surface area contributed by atoms with Crippen LogP contribution in [0, 0.1) is 0 Å². The third-order valence-corrected chi connectivity index (χ3v) is 4.59. The molecule has 0 amide bonds. The Bertz CT molecular complexity index is 860. The molecule has 6 nitrogen and oxygen atoms in total. The van der Waals surface area contributed by atoms with Gasteiger partial charge in [-0.25, -0.2) is 4.98 Å². The molecule has 1 aromatic carbocycles. The summed E-state index contributed by atoms with van der Waals surface area (Å²) in [7, 11) is 0. The topological polar surface area (TPSA) is 65.9 Å². The lowest BCUT2D eigenvalue weighted by Crippen LogP contribution is -2.40. The third kappa shape index (κ3) is 3.00. The highest BCUT2D eigenvalue weighted by molar-refractivity contribution is 6.13. The van der Waals surface area contributed by atoms with Crippen molar-refractivity contribution < 1.29 is 4.74 Å². The van der Waals surface area contributed by atoms with Crippen molar-refractivity contribution >= 4 is 17.7 Å². The molecule has 2 aliphatic heterocycles. The van der Waals surface area contributed by atoms with Gasteiger partial charge in [0, 0.05) is 5.41 Å². The summed E-state index contributed by atoms with van der Waals surface area (Å²) in [6, 6.07) is 11.2. The molecule has 0 unspecified atom stereocenters. The summed E-state index contributed by atoms with van der Waals surface area (Å²) < 4.78 is 5.79. The average Bonchev–Trinajstić information content (AvgIpc) is 3.19. The fourth-order valence-electron chi connectivity index (χ4n) is 3.29. The molecule has 1 aromatic heterocycles. The number of fused-ring (bicyclic) bond motifs is 3. The fourth-order valence-corrected chi connectivity index (χ4v) is 3.29. The van der Waals surface area contributed by atoms with E-state index in [1.165, 1.54) is 5.56 Å². The van der Waals surface area contributed by atoms with Crippen LogP contribution in [0.1, 0.15) is 44.8 Å². The van der Waals surface area contributed by atoms with Crippen molar-refractivity contribution in [2.75, 3.05) is 13.2 Å². The van der Waals surface area contributed by atoms with Gasteiger partial charge in [-0.1, -0.05) is 51.1 Å². The van der Waals surface area contributed by atoms with E-state index in [2.05, 4.69) is 59.9 Å². The molecule has 6 heteroatoms. The highest BCUT2D eigenvalue weighted by Crippen LogP contribution is 2.32. The molecule has 3 heterocycles. The largest absolute Gasteiger partial charge is 0.465 e. The maximum atomic E-state index is 5.79. The molecule has 0 aliphatic carbocycles. The van der Waals surface area contributed by atoms with Crippen molar-refractivity contribution in [3.63, 3.8) is 0 Å². The fraction of sp³-hybridized carbons (Fsp3) is 0.450. The Hall–Kier alpha value is -2.63. The summed E-state index contributed by atoms with van der Waals surface area (Å²) in [5.41, 5.74) is 2.11. The van der Waals surface area contributed by atoms with Gasteiger partial charge in [-0.15, -0.1) is 0 Å². The Morgan fingerprint density at radius 2 is 2.00 bits per heavy atom. The van der Waals surface area contributed by atoms with E-state index in [4.69, 9.17) is 14.7 Å². The molecule has 0 saturated heterocycles. The number of hydrogen-bond acceptors (Lipinski definition) is 5. The number of benzene rings is 1. The van der Waals surface area contributed by atoms with Crippen molar-refractivity contribution in [1.82, 2.24) is 14.9 Å². The van der Waals surface area contributed by atoms with Gasteiger partial charge in [0.25, 0.3) is 6.02 Å². The second kappa shape index (κ2) is 6.27. The van der Waals surface area contributed by atoms with Crippen molar-refractivity contribution in [3.8, 4) is 0 Å². The van der Waals surface area contributed by atoms with Crippen LogP contribution in [-0.4, -0.2) is 45.9 Å². The van der Waals surface area contributed by atoms with Crippen LogP contribution in [0.15, 0.2) is 40.3 Å². The first kappa shape index (κ1) is 16.8. The van der Waals surface area contributed by atoms with Gasteiger partial charge in [-0.05, 0) is 18.9 Å². The van der Waals surface area contributed by atoms with Gasteiger partial charge in [0.05, 0.1) is 19.2 Å². The zero-order valence-electron chi connectivity index (χ0n) is 15.8. The van der Waals surface area contributed by atoms with Gasteiger partial charge in [-0.3, -0.25) is 9.89 Å².